The average molecular weight is 650 g/mol. The molecule has 2 aromatic rings. The van der Waals surface area contributed by atoms with Crippen molar-refractivity contribution in [1.82, 2.24) is 9.80 Å². The number of rotatable bonds is 8. The predicted octanol–water partition coefficient (Wildman–Crippen LogP) is 6.24. The highest BCUT2D eigenvalue weighted by Gasteiger charge is 2.62. The maximum Gasteiger partial charge on any atom is 0.573 e. The van der Waals surface area contributed by atoms with E-state index in [4.69, 9.17) is 11.6 Å². The number of likely N-dealkylation sites (N-methyl/N-ethyl adjacent to an activating group) is 1. The van der Waals surface area contributed by atoms with Crippen molar-refractivity contribution in [1.29, 1.82) is 0 Å². The van der Waals surface area contributed by atoms with Gasteiger partial charge in [0.15, 0.2) is 0 Å². The Balaban J connectivity index is 1.39. The molecule has 2 fully saturated rings. The van der Waals surface area contributed by atoms with Crippen LogP contribution in [0.25, 0.3) is 0 Å². The third kappa shape index (κ3) is 6.73. The van der Waals surface area contributed by atoms with Gasteiger partial charge in [-0.15, -0.1) is 13.2 Å². The summed E-state index contributed by atoms with van der Waals surface area (Å²) in [5.41, 5.74) is -3.88. The van der Waals surface area contributed by atoms with Crippen LogP contribution in [0.3, 0.4) is 0 Å². The minimum atomic E-state index is -5.51. The lowest BCUT2D eigenvalue weighted by Gasteiger charge is -2.55. The van der Waals surface area contributed by atoms with Gasteiger partial charge in [-0.2, -0.15) is 13.2 Å². The minimum absolute atomic E-state index is 0.0331. The molecule has 2 amide bonds. The van der Waals surface area contributed by atoms with Crippen LogP contribution in [0.5, 0.6) is 5.75 Å². The Morgan fingerprint density at radius 2 is 1.68 bits per heavy atom. The summed E-state index contributed by atoms with van der Waals surface area (Å²) in [6.45, 7) is 1.35. The molecule has 7 nitrogen and oxygen atoms in total. The smallest absolute Gasteiger partial charge is 0.406 e. The van der Waals surface area contributed by atoms with Crippen LogP contribution in [-0.2, 0) is 10.4 Å². The first-order valence-corrected chi connectivity index (χ1v) is 14.4. The molecule has 1 aliphatic heterocycles. The topological polar surface area (TPSA) is 73.3 Å². The summed E-state index contributed by atoms with van der Waals surface area (Å²) in [5.74, 6) is -2.73. The van der Waals surface area contributed by atoms with E-state index in [0.717, 1.165) is 61.5 Å². The Morgan fingerprint density at radius 1 is 1.02 bits per heavy atom. The first-order chi connectivity index (χ1) is 20.4. The molecule has 1 N–H and O–H groups in total. The van der Waals surface area contributed by atoms with Gasteiger partial charge < -0.3 is 24.5 Å². The number of carbonyl (C=O) groups excluding carboxylic acids is 2. The van der Waals surface area contributed by atoms with E-state index in [-0.39, 0.29) is 23.8 Å². The molecule has 1 heterocycles. The lowest BCUT2D eigenvalue weighted by atomic mass is 9.54. The summed E-state index contributed by atoms with van der Waals surface area (Å²) < 4.78 is 84.0. The van der Waals surface area contributed by atoms with Crippen molar-refractivity contribution in [2.24, 2.45) is 11.3 Å². The lowest BCUT2D eigenvalue weighted by molar-refractivity contribution is -0.274. The van der Waals surface area contributed by atoms with E-state index in [1.165, 1.54) is 4.90 Å². The maximum atomic E-state index is 14.1. The van der Waals surface area contributed by atoms with Crippen molar-refractivity contribution in [3.05, 3.63) is 58.6 Å². The van der Waals surface area contributed by atoms with Gasteiger partial charge in [-0.1, -0.05) is 23.7 Å². The number of piperidine rings is 1. The number of carbonyl (C=O) groups is 2. The molecular formula is C30H34ClF6N3O4. The highest BCUT2D eigenvalue weighted by Crippen LogP contribution is 2.55. The molecule has 2 unspecified atom stereocenters. The van der Waals surface area contributed by atoms with Gasteiger partial charge in [0.25, 0.3) is 17.4 Å². The van der Waals surface area contributed by atoms with Crippen LogP contribution >= 0.6 is 11.6 Å². The summed E-state index contributed by atoms with van der Waals surface area (Å²) in [6.07, 6.45) is -6.85. The van der Waals surface area contributed by atoms with Gasteiger partial charge in [0.05, 0.1) is 10.6 Å². The fourth-order valence-electron chi connectivity index (χ4n) is 6.24. The zero-order valence-electron chi connectivity index (χ0n) is 24.4. The van der Waals surface area contributed by atoms with Crippen LogP contribution in [0.4, 0.5) is 32.0 Å². The molecule has 1 saturated heterocycles. The molecule has 1 saturated carbocycles. The molecule has 2 aliphatic rings. The third-order valence-corrected chi connectivity index (χ3v) is 9.25. The molecule has 1 spiro atoms. The number of hydrogen-bond donors (Lipinski definition) is 1. The van der Waals surface area contributed by atoms with Crippen LogP contribution in [0.2, 0.25) is 5.02 Å². The van der Waals surface area contributed by atoms with Gasteiger partial charge in [-0.3, -0.25) is 9.59 Å². The highest BCUT2D eigenvalue weighted by molar-refractivity contribution is 6.34. The average Bonchev–Trinajstić information content (AvgIpc) is 2.94. The quantitative estimate of drug-likeness (QED) is 0.343. The Morgan fingerprint density at radius 3 is 2.20 bits per heavy atom. The second-order valence-corrected chi connectivity index (χ2v) is 12.2. The summed E-state index contributed by atoms with van der Waals surface area (Å²) in [6, 6.07) is 8.04. The zero-order chi connectivity index (χ0) is 32.7. The van der Waals surface area contributed by atoms with Crippen molar-refractivity contribution in [3.63, 3.8) is 0 Å². The molecule has 2 aromatic carbocycles. The van der Waals surface area contributed by atoms with Crippen molar-refractivity contribution in [2.75, 3.05) is 45.7 Å². The number of aliphatic hydroxyl groups is 1. The van der Waals surface area contributed by atoms with Crippen LogP contribution in [0.1, 0.15) is 48.0 Å². The first kappa shape index (κ1) is 33.7. The van der Waals surface area contributed by atoms with E-state index in [0.29, 0.717) is 36.2 Å². The number of nitrogens with zero attached hydrogens (tertiary/aromatic N) is 3. The fraction of sp³-hybridized carbons (Fsp3) is 0.533. The maximum absolute atomic E-state index is 14.1. The molecule has 1 aliphatic carbocycles. The van der Waals surface area contributed by atoms with Crippen LogP contribution in [-0.4, -0.2) is 80.0 Å². The van der Waals surface area contributed by atoms with Gasteiger partial charge in [-0.25, -0.2) is 0 Å². The number of amides is 2. The van der Waals surface area contributed by atoms with Gasteiger partial charge >= 0.3 is 12.5 Å². The van der Waals surface area contributed by atoms with Gasteiger partial charge in [0.2, 0.25) is 0 Å². The lowest BCUT2D eigenvalue weighted by Crippen LogP contribution is -2.55. The van der Waals surface area contributed by atoms with Crippen molar-refractivity contribution in [2.45, 2.75) is 50.2 Å². The SMILES string of the molecule is CN(C)C(=O)c1ccc(N2CCC3(CCC3CCN(C)C(=O)C(O)(c3cccc(OC(F)(F)F)c3)C(F)(F)F)CC2)cc1Cl. The van der Waals surface area contributed by atoms with Crippen LogP contribution in [0.15, 0.2) is 42.5 Å². The highest BCUT2D eigenvalue weighted by atomic mass is 35.5. The Kier molecular flexibility index (Phi) is 9.42. The van der Waals surface area contributed by atoms with Crippen molar-refractivity contribution in [3.8, 4) is 5.75 Å². The monoisotopic (exact) mass is 649 g/mol. The number of anilines is 1. The van der Waals surface area contributed by atoms with E-state index in [9.17, 15) is 41.0 Å². The Bertz CT molecular complexity index is 1380. The van der Waals surface area contributed by atoms with Gasteiger partial charge in [-0.05, 0) is 73.8 Å². The predicted molar refractivity (Wildman–Crippen MR) is 151 cm³/mol. The molecule has 0 radical (unpaired) electrons. The minimum Gasteiger partial charge on any atom is -0.406 e. The summed E-state index contributed by atoms with van der Waals surface area (Å²) >= 11 is 6.39. The second kappa shape index (κ2) is 12.3. The molecule has 4 rings (SSSR count). The Hall–Kier alpha value is -3.19. The van der Waals surface area contributed by atoms with Gasteiger partial charge in [0, 0.05) is 52.0 Å². The van der Waals surface area contributed by atoms with Crippen LogP contribution < -0.4 is 9.64 Å². The normalized spacial score (nSPS) is 19.6. The molecular weight excluding hydrogens is 616 g/mol. The molecule has 0 bridgehead atoms. The first-order valence-electron chi connectivity index (χ1n) is 14.0. The summed E-state index contributed by atoms with van der Waals surface area (Å²) in [7, 11) is 4.43. The number of halogens is 7. The van der Waals surface area contributed by atoms with Crippen molar-refractivity contribution < 1.29 is 45.8 Å². The second-order valence-electron chi connectivity index (χ2n) is 11.7. The molecule has 0 aromatic heterocycles. The Labute approximate surface area is 256 Å². The largest absolute Gasteiger partial charge is 0.573 e. The molecule has 14 heteroatoms. The fourth-order valence-corrected chi connectivity index (χ4v) is 6.50. The van der Waals surface area contributed by atoms with E-state index < -0.39 is 35.4 Å². The van der Waals surface area contributed by atoms with E-state index in [1.807, 2.05) is 6.07 Å². The van der Waals surface area contributed by atoms with Crippen molar-refractivity contribution >= 4 is 29.1 Å². The number of ether oxygens (including phenoxy) is 1. The number of hydrogen-bond acceptors (Lipinski definition) is 5. The van der Waals surface area contributed by atoms with E-state index >= 15 is 0 Å². The third-order valence-electron chi connectivity index (χ3n) is 8.94. The van der Waals surface area contributed by atoms with E-state index in [1.54, 1.807) is 26.2 Å². The molecule has 44 heavy (non-hydrogen) atoms. The van der Waals surface area contributed by atoms with E-state index in [2.05, 4.69) is 9.64 Å². The molecule has 242 valence electrons. The number of alkyl halides is 6. The standard InChI is InChI=1S/C30H34ClF6N3O4/c1-38(2)25(41)23-8-7-21(18-24(23)31)40-15-12-27(13-16-40)11-9-19(27)10-14-39(3)26(42)28(43,29(32,33)34)20-5-4-6-22(17-20)44-30(35,36)37/h4-8,17-19,43H,9-16H2,1-3H3. The van der Waals surface area contributed by atoms with Gasteiger partial charge in [0.1, 0.15) is 5.75 Å². The molecule has 2 atom stereocenters. The summed E-state index contributed by atoms with van der Waals surface area (Å²) in [4.78, 5) is 29.8. The zero-order valence-corrected chi connectivity index (χ0v) is 25.2. The summed E-state index contributed by atoms with van der Waals surface area (Å²) in [5, 5.41) is 11.1. The van der Waals surface area contributed by atoms with Crippen LogP contribution in [0, 0.1) is 11.3 Å². The number of benzene rings is 2.